The van der Waals surface area contributed by atoms with Crippen molar-refractivity contribution in [2.75, 3.05) is 11.9 Å². The smallest absolute Gasteiger partial charge is 0.347 e. The fraction of sp³-hybridized carbons (Fsp3) is 0.818. The standard InChI is InChI=1S/C11H15F3N4S/c1-18(8-4-6-2-3-7(5-8)15-6)10-16-9(17-19-10)11(12,13)14/h6-8,15H,2-5H2,1H3. The molecule has 3 heterocycles. The molecule has 19 heavy (non-hydrogen) atoms. The predicted octanol–water partition coefficient (Wildman–Crippen LogP) is 2.28. The van der Waals surface area contributed by atoms with Gasteiger partial charge in [0.05, 0.1) is 0 Å². The Morgan fingerprint density at radius 2 is 1.89 bits per heavy atom. The van der Waals surface area contributed by atoms with Gasteiger partial charge in [-0.3, -0.25) is 0 Å². The molecule has 1 aromatic rings. The molecule has 2 aliphatic rings. The highest BCUT2D eigenvalue weighted by atomic mass is 32.1. The highest BCUT2D eigenvalue weighted by Crippen LogP contribution is 2.34. The first-order valence-electron chi connectivity index (χ1n) is 6.33. The Bertz CT molecular complexity index is 449. The summed E-state index contributed by atoms with van der Waals surface area (Å²) in [6.07, 6.45) is -0.192. The van der Waals surface area contributed by atoms with Gasteiger partial charge < -0.3 is 10.2 Å². The van der Waals surface area contributed by atoms with Crippen LogP contribution in [0, 0.1) is 0 Å². The molecule has 0 saturated carbocycles. The number of alkyl halides is 3. The van der Waals surface area contributed by atoms with Gasteiger partial charge in [0.1, 0.15) is 0 Å². The van der Waals surface area contributed by atoms with Crippen LogP contribution in [-0.2, 0) is 6.18 Å². The Hall–Kier alpha value is -0.890. The van der Waals surface area contributed by atoms with E-state index in [-0.39, 0.29) is 6.04 Å². The third-order valence-electron chi connectivity index (χ3n) is 3.97. The summed E-state index contributed by atoms with van der Waals surface area (Å²) in [4.78, 5) is 5.48. The van der Waals surface area contributed by atoms with Crippen molar-refractivity contribution in [1.29, 1.82) is 0 Å². The Labute approximate surface area is 113 Å². The third kappa shape index (κ3) is 2.55. The number of nitrogens with zero attached hydrogens (tertiary/aromatic N) is 3. The maximum Gasteiger partial charge on any atom is 0.452 e. The van der Waals surface area contributed by atoms with Crippen molar-refractivity contribution in [3.05, 3.63) is 5.82 Å². The van der Waals surface area contributed by atoms with Gasteiger partial charge in [-0.1, -0.05) is 0 Å². The van der Waals surface area contributed by atoms with E-state index < -0.39 is 12.0 Å². The van der Waals surface area contributed by atoms with E-state index in [0.717, 1.165) is 24.4 Å². The quantitative estimate of drug-likeness (QED) is 0.908. The van der Waals surface area contributed by atoms with Crippen LogP contribution in [0.5, 0.6) is 0 Å². The van der Waals surface area contributed by atoms with Gasteiger partial charge >= 0.3 is 6.18 Å². The zero-order valence-electron chi connectivity index (χ0n) is 10.4. The molecule has 2 aliphatic heterocycles. The minimum atomic E-state index is -4.46. The second kappa shape index (κ2) is 4.59. The molecule has 1 aromatic heterocycles. The maximum absolute atomic E-state index is 12.5. The summed E-state index contributed by atoms with van der Waals surface area (Å²) in [6.45, 7) is 0. The largest absolute Gasteiger partial charge is 0.452 e. The lowest BCUT2D eigenvalue weighted by Gasteiger charge is -2.35. The zero-order chi connectivity index (χ0) is 13.6. The number of nitrogens with one attached hydrogen (secondary N) is 1. The lowest BCUT2D eigenvalue weighted by atomic mass is 9.99. The summed E-state index contributed by atoms with van der Waals surface area (Å²) >= 11 is 0.825. The molecule has 0 spiro atoms. The van der Waals surface area contributed by atoms with Gasteiger partial charge in [-0.2, -0.15) is 22.5 Å². The van der Waals surface area contributed by atoms with Crippen molar-refractivity contribution in [3.63, 3.8) is 0 Å². The molecule has 1 N–H and O–H groups in total. The van der Waals surface area contributed by atoms with E-state index in [0.29, 0.717) is 17.2 Å². The summed E-state index contributed by atoms with van der Waals surface area (Å²) in [5.41, 5.74) is 0. The molecule has 0 amide bonds. The molecule has 0 radical (unpaired) electrons. The van der Waals surface area contributed by atoms with Crippen LogP contribution in [0.4, 0.5) is 18.3 Å². The first-order valence-corrected chi connectivity index (χ1v) is 7.10. The van der Waals surface area contributed by atoms with Crippen molar-refractivity contribution >= 4 is 16.7 Å². The minimum Gasteiger partial charge on any atom is -0.347 e. The van der Waals surface area contributed by atoms with E-state index in [9.17, 15) is 13.2 Å². The maximum atomic E-state index is 12.5. The number of aromatic nitrogens is 2. The fourth-order valence-electron chi connectivity index (χ4n) is 2.97. The van der Waals surface area contributed by atoms with E-state index in [1.54, 1.807) is 0 Å². The van der Waals surface area contributed by atoms with Gasteiger partial charge in [0.25, 0.3) is 0 Å². The van der Waals surface area contributed by atoms with Crippen molar-refractivity contribution < 1.29 is 13.2 Å². The number of hydrogen-bond acceptors (Lipinski definition) is 5. The molecule has 3 rings (SSSR count). The summed E-state index contributed by atoms with van der Waals surface area (Å²) in [5, 5.41) is 3.88. The van der Waals surface area contributed by atoms with Crippen LogP contribution < -0.4 is 10.2 Å². The molecule has 106 valence electrons. The van der Waals surface area contributed by atoms with Crippen LogP contribution in [0.25, 0.3) is 0 Å². The Kier molecular flexibility index (Phi) is 3.17. The van der Waals surface area contributed by atoms with Crippen LogP contribution in [0.1, 0.15) is 31.5 Å². The number of rotatable bonds is 2. The topological polar surface area (TPSA) is 41.1 Å². The Morgan fingerprint density at radius 3 is 2.42 bits per heavy atom. The first kappa shape index (κ1) is 13.1. The van der Waals surface area contributed by atoms with Gasteiger partial charge in [0.2, 0.25) is 11.0 Å². The molecule has 0 aromatic carbocycles. The minimum absolute atomic E-state index is 0.257. The number of anilines is 1. The summed E-state index contributed by atoms with van der Waals surface area (Å²) in [6, 6.07) is 1.26. The SMILES string of the molecule is CN(c1nc(C(F)(F)F)ns1)C1CC2CCC(C1)N2. The van der Waals surface area contributed by atoms with Crippen molar-refractivity contribution in [2.45, 2.75) is 50.0 Å². The monoisotopic (exact) mass is 292 g/mol. The van der Waals surface area contributed by atoms with Gasteiger partial charge in [0.15, 0.2) is 0 Å². The van der Waals surface area contributed by atoms with Crippen LogP contribution in [0.3, 0.4) is 0 Å². The predicted molar refractivity (Wildman–Crippen MR) is 66.3 cm³/mol. The number of piperidine rings is 1. The molecule has 2 atom stereocenters. The van der Waals surface area contributed by atoms with E-state index in [2.05, 4.69) is 14.7 Å². The Balaban J connectivity index is 1.73. The van der Waals surface area contributed by atoms with Gasteiger partial charge in [0, 0.05) is 36.7 Å². The third-order valence-corrected chi connectivity index (χ3v) is 4.77. The van der Waals surface area contributed by atoms with Crippen molar-refractivity contribution in [1.82, 2.24) is 14.7 Å². The lowest BCUT2D eigenvalue weighted by Crippen LogP contribution is -2.47. The van der Waals surface area contributed by atoms with Gasteiger partial charge in [-0.25, -0.2) is 0 Å². The highest BCUT2D eigenvalue weighted by molar-refractivity contribution is 7.09. The molecule has 2 fully saturated rings. The summed E-state index contributed by atoms with van der Waals surface area (Å²) in [7, 11) is 1.82. The molecule has 4 nitrogen and oxygen atoms in total. The first-order chi connectivity index (χ1) is 8.93. The van der Waals surface area contributed by atoms with E-state index in [4.69, 9.17) is 0 Å². The molecule has 0 aliphatic carbocycles. The second-order valence-corrected chi connectivity index (χ2v) is 6.00. The molecule has 2 saturated heterocycles. The molecule has 8 heteroatoms. The number of fused-ring (bicyclic) bond motifs is 2. The normalized spacial score (nSPS) is 30.6. The van der Waals surface area contributed by atoms with Crippen LogP contribution >= 0.6 is 11.5 Å². The number of hydrogen-bond donors (Lipinski definition) is 1. The van der Waals surface area contributed by atoms with Gasteiger partial charge in [-0.05, 0) is 25.7 Å². The molecular weight excluding hydrogens is 277 g/mol. The molecular formula is C11H15F3N4S. The van der Waals surface area contributed by atoms with Crippen LogP contribution in [0.2, 0.25) is 0 Å². The number of halogens is 3. The fourth-order valence-corrected chi connectivity index (χ4v) is 3.69. The highest BCUT2D eigenvalue weighted by Gasteiger charge is 2.39. The zero-order valence-corrected chi connectivity index (χ0v) is 11.3. The summed E-state index contributed by atoms with van der Waals surface area (Å²) < 4.78 is 40.9. The van der Waals surface area contributed by atoms with Crippen LogP contribution in [-0.4, -0.2) is 34.5 Å². The molecule has 2 bridgehead atoms. The Morgan fingerprint density at radius 1 is 1.26 bits per heavy atom. The van der Waals surface area contributed by atoms with Crippen molar-refractivity contribution in [2.24, 2.45) is 0 Å². The molecule has 2 unspecified atom stereocenters. The lowest BCUT2D eigenvalue weighted by molar-refractivity contribution is -0.144. The second-order valence-electron chi connectivity index (χ2n) is 5.27. The van der Waals surface area contributed by atoms with E-state index in [1.807, 2.05) is 11.9 Å². The summed E-state index contributed by atoms with van der Waals surface area (Å²) in [5.74, 6) is -1.03. The van der Waals surface area contributed by atoms with Gasteiger partial charge in [-0.15, -0.1) is 0 Å². The van der Waals surface area contributed by atoms with E-state index >= 15 is 0 Å². The average Bonchev–Trinajstić information content (AvgIpc) is 2.95. The van der Waals surface area contributed by atoms with Crippen LogP contribution in [0.15, 0.2) is 0 Å². The average molecular weight is 292 g/mol. The van der Waals surface area contributed by atoms with E-state index in [1.165, 1.54) is 12.8 Å². The van der Waals surface area contributed by atoms with Crippen molar-refractivity contribution in [3.8, 4) is 0 Å².